The summed E-state index contributed by atoms with van der Waals surface area (Å²) in [5, 5.41) is 0. The number of hydrogen-bond acceptors (Lipinski definition) is 2. The Bertz CT molecular complexity index is 303. The van der Waals surface area contributed by atoms with Crippen molar-refractivity contribution in [2.45, 2.75) is 6.43 Å². The molecule has 0 atom stereocenters. The SMILES string of the molecule is Nc1c(Br)cnc(F)c1C(F)F. The fourth-order valence-corrected chi connectivity index (χ4v) is 1.02. The molecule has 2 nitrogen and oxygen atoms in total. The highest BCUT2D eigenvalue weighted by molar-refractivity contribution is 9.10. The van der Waals surface area contributed by atoms with Crippen LogP contribution >= 0.6 is 15.9 Å². The van der Waals surface area contributed by atoms with Crippen LogP contribution in [-0.2, 0) is 0 Å². The van der Waals surface area contributed by atoms with Crippen molar-refractivity contribution in [2.75, 3.05) is 5.73 Å². The number of nitrogen functional groups attached to an aromatic ring is 1. The summed E-state index contributed by atoms with van der Waals surface area (Å²) in [7, 11) is 0. The number of hydrogen-bond donors (Lipinski definition) is 1. The van der Waals surface area contributed by atoms with Gasteiger partial charge in [0.15, 0.2) is 0 Å². The van der Waals surface area contributed by atoms with Crippen molar-refractivity contribution in [2.24, 2.45) is 0 Å². The summed E-state index contributed by atoms with van der Waals surface area (Å²) in [5.74, 6) is -1.23. The van der Waals surface area contributed by atoms with Gasteiger partial charge in [0, 0.05) is 6.20 Å². The summed E-state index contributed by atoms with van der Waals surface area (Å²) in [6.07, 6.45) is -1.91. The van der Waals surface area contributed by atoms with Gasteiger partial charge >= 0.3 is 0 Å². The molecule has 0 radical (unpaired) electrons. The van der Waals surface area contributed by atoms with Crippen LogP contribution in [-0.4, -0.2) is 4.98 Å². The Labute approximate surface area is 74.7 Å². The summed E-state index contributed by atoms with van der Waals surface area (Å²) in [4.78, 5) is 3.09. The molecule has 66 valence electrons. The van der Waals surface area contributed by atoms with Gasteiger partial charge in [-0.25, -0.2) is 13.8 Å². The van der Waals surface area contributed by atoms with E-state index in [-0.39, 0.29) is 10.2 Å². The van der Waals surface area contributed by atoms with Crippen molar-refractivity contribution in [1.82, 2.24) is 4.98 Å². The summed E-state index contributed by atoms with van der Waals surface area (Å²) in [6.45, 7) is 0. The van der Waals surface area contributed by atoms with Gasteiger partial charge in [0.25, 0.3) is 6.43 Å². The summed E-state index contributed by atoms with van der Waals surface area (Å²) in [5.41, 5.74) is 4.01. The standard InChI is InChI=1S/C6H4BrF3N2/c7-2-1-12-6(10)3(4(2)11)5(8)9/h1,5H,(H2,11,12). The highest BCUT2D eigenvalue weighted by atomic mass is 79.9. The third-order valence-corrected chi connectivity index (χ3v) is 1.91. The minimum Gasteiger partial charge on any atom is -0.397 e. The molecule has 0 saturated carbocycles. The third kappa shape index (κ3) is 1.52. The van der Waals surface area contributed by atoms with Gasteiger partial charge in [-0.2, -0.15) is 4.39 Å². The molecule has 0 aliphatic carbocycles. The zero-order valence-electron chi connectivity index (χ0n) is 5.69. The van der Waals surface area contributed by atoms with E-state index in [1.54, 1.807) is 0 Å². The maximum Gasteiger partial charge on any atom is 0.270 e. The number of pyridine rings is 1. The van der Waals surface area contributed by atoms with Gasteiger partial charge < -0.3 is 5.73 Å². The number of halogens is 4. The summed E-state index contributed by atoms with van der Waals surface area (Å²) < 4.78 is 36.9. The van der Waals surface area contributed by atoms with Crippen molar-refractivity contribution in [3.8, 4) is 0 Å². The first-order valence-electron chi connectivity index (χ1n) is 2.91. The minimum absolute atomic E-state index is 0.166. The fourth-order valence-electron chi connectivity index (χ4n) is 0.700. The molecule has 0 spiro atoms. The van der Waals surface area contributed by atoms with Crippen LogP contribution in [0.4, 0.5) is 18.9 Å². The molecular formula is C6H4BrF3N2. The molecule has 2 N–H and O–H groups in total. The monoisotopic (exact) mass is 240 g/mol. The fraction of sp³-hybridized carbons (Fsp3) is 0.167. The molecule has 0 aliphatic heterocycles. The lowest BCUT2D eigenvalue weighted by Crippen LogP contribution is -2.01. The smallest absolute Gasteiger partial charge is 0.270 e. The Kier molecular flexibility index (Phi) is 2.56. The van der Waals surface area contributed by atoms with Crippen LogP contribution in [0.25, 0.3) is 0 Å². The largest absolute Gasteiger partial charge is 0.397 e. The van der Waals surface area contributed by atoms with Crippen LogP contribution in [0.3, 0.4) is 0 Å². The normalized spacial score (nSPS) is 10.8. The average Bonchev–Trinajstić information content (AvgIpc) is 1.97. The Morgan fingerprint density at radius 3 is 2.50 bits per heavy atom. The van der Waals surface area contributed by atoms with E-state index in [4.69, 9.17) is 5.73 Å². The number of nitrogens with two attached hydrogens (primary N) is 1. The second-order valence-corrected chi connectivity index (χ2v) is 2.88. The molecule has 0 aliphatic rings. The molecule has 12 heavy (non-hydrogen) atoms. The Morgan fingerprint density at radius 2 is 2.08 bits per heavy atom. The van der Waals surface area contributed by atoms with Crippen LogP contribution in [0.1, 0.15) is 12.0 Å². The quantitative estimate of drug-likeness (QED) is 0.767. The van der Waals surface area contributed by atoms with Gasteiger partial charge in [0.05, 0.1) is 15.7 Å². The van der Waals surface area contributed by atoms with Crippen LogP contribution in [0.15, 0.2) is 10.7 Å². The second kappa shape index (κ2) is 3.30. The van der Waals surface area contributed by atoms with E-state index in [1.165, 1.54) is 0 Å². The molecule has 0 saturated heterocycles. The first kappa shape index (κ1) is 9.31. The number of rotatable bonds is 1. The zero-order chi connectivity index (χ0) is 9.30. The van der Waals surface area contributed by atoms with Gasteiger partial charge in [0.1, 0.15) is 0 Å². The van der Waals surface area contributed by atoms with Crippen LogP contribution < -0.4 is 5.73 Å². The molecule has 1 aromatic heterocycles. The Morgan fingerprint density at radius 1 is 1.50 bits per heavy atom. The molecule has 0 bridgehead atoms. The maximum absolute atomic E-state index is 12.6. The van der Waals surface area contributed by atoms with Crippen molar-refractivity contribution in [3.63, 3.8) is 0 Å². The van der Waals surface area contributed by atoms with Crippen molar-refractivity contribution in [1.29, 1.82) is 0 Å². The molecule has 0 fully saturated rings. The van der Waals surface area contributed by atoms with Gasteiger partial charge in [-0.1, -0.05) is 0 Å². The van der Waals surface area contributed by atoms with Crippen LogP contribution in [0.5, 0.6) is 0 Å². The topological polar surface area (TPSA) is 38.9 Å². The third-order valence-electron chi connectivity index (χ3n) is 1.28. The Balaban J connectivity index is 3.33. The molecule has 0 unspecified atom stereocenters. The number of anilines is 1. The molecule has 1 aromatic rings. The Hall–Kier alpha value is -0.780. The average molecular weight is 241 g/mol. The van der Waals surface area contributed by atoms with E-state index in [2.05, 4.69) is 20.9 Å². The van der Waals surface area contributed by atoms with E-state index in [9.17, 15) is 13.2 Å². The molecular weight excluding hydrogens is 237 g/mol. The first-order chi connectivity index (χ1) is 5.54. The summed E-state index contributed by atoms with van der Waals surface area (Å²) >= 11 is 2.86. The van der Waals surface area contributed by atoms with Crippen LogP contribution in [0, 0.1) is 5.95 Å². The number of alkyl halides is 2. The predicted octanol–water partition coefficient (Wildman–Crippen LogP) is 2.50. The zero-order valence-corrected chi connectivity index (χ0v) is 7.28. The van der Waals surface area contributed by atoms with E-state index in [1.807, 2.05) is 0 Å². The second-order valence-electron chi connectivity index (χ2n) is 2.02. The van der Waals surface area contributed by atoms with E-state index in [0.29, 0.717) is 0 Å². The highest BCUT2D eigenvalue weighted by Crippen LogP contribution is 2.31. The van der Waals surface area contributed by atoms with E-state index in [0.717, 1.165) is 6.20 Å². The first-order valence-corrected chi connectivity index (χ1v) is 3.71. The van der Waals surface area contributed by atoms with E-state index >= 15 is 0 Å². The maximum atomic E-state index is 12.6. The van der Waals surface area contributed by atoms with E-state index < -0.39 is 17.9 Å². The van der Waals surface area contributed by atoms with Gasteiger partial charge in [-0.05, 0) is 15.9 Å². The van der Waals surface area contributed by atoms with Crippen molar-refractivity contribution >= 4 is 21.6 Å². The van der Waals surface area contributed by atoms with Gasteiger partial charge in [0.2, 0.25) is 5.95 Å². The minimum atomic E-state index is -2.95. The van der Waals surface area contributed by atoms with Gasteiger partial charge in [-0.3, -0.25) is 0 Å². The molecule has 1 heterocycles. The molecule has 1 rings (SSSR count). The van der Waals surface area contributed by atoms with Crippen LogP contribution in [0.2, 0.25) is 0 Å². The van der Waals surface area contributed by atoms with Crippen molar-refractivity contribution < 1.29 is 13.2 Å². The molecule has 0 amide bonds. The van der Waals surface area contributed by atoms with Gasteiger partial charge in [-0.15, -0.1) is 0 Å². The molecule has 6 heteroatoms. The summed E-state index contributed by atoms with van der Waals surface area (Å²) in [6, 6.07) is 0. The molecule has 0 aromatic carbocycles. The number of nitrogens with zero attached hydrogens (tertiary/aromatic N) is 1. The van der Waals surface area contributed by atoms with Crippen molar-refractivity contribution in [3.05, 3.63) is 22.2 Å². The number of aromatic nitrogens is 1. The predicted molar refractivity (Wildman–Crippen MR) is 41.3 cm³/mol. The lowest BCUT2D eigenvalue weighted by Gasteiger charge is -2.05. The lowest BCUT2D eigenvalue weighted by molar-refractivity contribution is 0.146. The highest BCUT2D eigenvalue weighted by Gasteiger charge is 2.19. The lowest BCUT2D eigenvalue weighted by atomic mass is 10.2.